The lowest BCUT2D eigenvalue weighted by Crippen LogP contribution is -2.50. The van der Waals surface area contributed by atoms with Gasteiger partial charge in [-0.25, -0.2) is 0 Å². The van der Waals surface area contributed by atoms with E-state index in [2.05, 4.69) is 17.0 Å². The van der Waals surface area contributed by atoms with E-state index in [1.165, 1.54) is 5.56 Å². The van der Waals surface area contributed by atoms with Crippen LogP contribution in [-0.4, -0.2) is 69.8 Å². The number of aliphatic carboxylic acids is 1. The van der Waals surface area contributed by atoms with Crippen molar-refractivity contribution >= 4 is 40.9 Å². The summed E-state index contributed by atoms with van der Waals surface area (Å²) < 4.78 is 0. The normalized spacial score (nSPS) is 22.7. The molecule has 0 saturated carbocycles. The molecule has 0 unspecified atom stereocenters. The van der Waals surface area contributed by atoms with Gasteiger partial charge in [0.05, 0.1) is 22.1 Å². The van der Waals surface area contributed by atoms with Crippen LogP contribution in [0.1, 0.15) is 49.7 Å². The van der Waals surface area contributed by atoms with Gasteiger partial charge in [-0.1, -0.05) is 59.6 Å². The van der Waals surface area contributed by atoms with E-state index in [1.807, 2.05) is 24.3 Å². The number of carbonyl (C=O) groups excluding carboxylic acids is 2. The van der Waals surface area contributed by atoms with E-state index in [0.717, 1.165) is 18.4 Å². The van der Waals surface area contributed by atoms with E-state index < -0.39 is 12.0 Å². The highest BCUT2D eigenvalue weighted by molar-refractivity contribution is 6.42. The number of Topliss-reactive ketones (excluding diaryl/α,β-unsaturated/α-hetero) is 1. The topological polar surface area (TPSA) is 104 Å². The second-order valence-electron chi connectivity index (χ2n) is 10.4. The molecule has 0 radical (unpaired) electrons. The molecule has 4 atom stereocenters. The average Bonchev–Trinajstić information content (AvgIpc) is 3.24. The van der Waals surface area contributed by atoms with Crippen molar-refractivity contribution in [1.82, 2.24) is 9.80 Å². The minimum absolute atomic E-state index is 0.0920. The monoisotopic (exact) mass is 559 g/mol. The number of nitrogens with two attached hydrogens (primary N) is 1. The van der Waals surface area contributed by atoms with E-state index in [-0.39, 0.29) is 49.1 Å². The maximum absolute atomic E-state index is 13.8. The molecule has 2 aromatic rings. The first-order chi connectivity index (χ1) is 18.2. The summed E-state index contributed by atoms with van der Waals surface area (Å²) in [5.74, 6) is -1.24. The average molecular weight is 561 g/mol. The summed E-state index contributed by atoms with van der Waals surface area (Å²) in [4.78, 5) is 42.7. The van der Waals surface area contributed by atoms with Crippen LogP contribution in [0.5, 0.6) is 0 Å². The van der Waals surface area contributed by atoms with E-state index in [4.69, 9.17) is 28.9 Å². The van der Waals surface area contributed by atoms with Gasteiger partial charge in [0.1, 0.15) is 0 Å². The standard InChI is InChI=1S/C29H35Cl2N3O4/c30-23-10-7-20(16-24(23)31)8-12-27(35)25(11-13-28(36)37)33-15-14-22(9-6-19-4-2-1-3-5-19)34-18-21(32)17-26(34)29(33)38/h1-5,7,10,16,21-22,25-26H,6,8-9,11-15,17-18,32H2,(H,36,37)/t21-,22+,25-,26+/m1/s1. The van der Waals surface area contributed by atoms with Gasteiger partial charge in [0, 0.05) is 38.0 Å². The SMILES string of the molecule is N[C@@H]1C[C@H]2C(=O)N([C@H](CCC(=O)O)C(=O)CCc3ccc(Cl)c(Cl)c3)CC[C@H](CCc3ccccc3)N2C1. The Bertz CT molecular complexity index is 1150. The van der Waals surface area contributed by atoms with Gasteiger partial charge in [0.2, 0.25) is 5.91 Å². The first-order valence-corrected chi connectivity index (χ1v) is 14.0. The number of hydrogen-bond acceptors (Lipinski definition) is 5. The van der Waals surface area contributed by atoms with Crippen molar-refractivity contribution < 1.29 is 19.5 Å². The van der Waals surface area contributed by atoms with Crippen LogP contribution in [0.3, 0.4) is 0 Å². The number of halogens is 2. The summed E-state index contributed by atoms with van der Waals surface area (Å²) in [6.45, 7) is 1.07. The number of aryl methyl sites for hydroxylation is 2. The number of benzene rings is 2. The minimum Gasteiger partial charge on any atom is -0.481 e. The molecule has 2 saturated heterocycles. The fourth-order valence-corrected chi connectivity index (χ4v) is 6.09. The van der Waals surface area contributed by atoms with Crippen molar-refractivity contribution in [1.29, 1.82) is 0 Å². The van der Waals surface area contributed by atoms with Crippen molar-refractivity contribution in [2.75, 3.05) is 13.1 Å². The zero-order valence-electron chi connectivity index (χ0n) is 21.4. The smallest absolute Gasteiger partial charge is 0.303 e. The lowest BCUT2D eigenvalue weighted by molar-refractivity contribution is -0.144. The lowest BCUT2D eigenvalue weighted by atomic mass is 9.97. The number of nitrogens with zero attached hydrogens (tertiary/aromatic N) is 2. The fourth-order valence-electron chi connectivity index (χ4n) is 5.77. The Balaban J connectivity index is 1.51. The molecule has 9 heteroatoms. The van der Waals surface area contributed by atoms with Crippen molar-refractivity contribution in [3.63, 3.8) is 0 Å². The highest BCUT2D eigenvalue weighted by Gasteiger charge is 2.45. The number of carbonyl (C=O) groups is 3. The van der Waals surface area contributed by atoms with Crippen LogP contribution in [-0.2, 0) is 27.2 Å². The van der Waals surface area contributed by atoms with E-state index >= 15 is 0 Å². The van der Waals surface area contributed by atoms with Crippen LogP contribution in [0.15, 0.2) is 48.5 Å². The summed E-state index contributed by atoms with van der Waals surface area (Å²) in [5.41, 5.74) is 8.42. The number of hydrogen-bond donors (Lipinski definition) is 2. The molecular weight excluding hydrogens is 525 g/mol. The Morgan fingerprint density at radius 2 is 1.79 bits per heavy atom. The van der Waals surface area contributed by atoms with E-state index in [0.29, 0.717) is 42.4 Å². The van der Waals surface area contributed by atoms with Crippen molar-refractivity contribution in [3.8, 4) is 0 Å². The Morgan fingerprint density at radius 3 is 2.50 bits per heavy atom. The summed E-state index contributed by atoms with van der Waals surface area (Å²) >= 11 is 12.1. The van der Waals surface area contributed by atoms with Gasteiger partial charge in [-0.3, -0.25) is 19.3 Å². The Labute approximate surface area is 233 Å². The summed E-state index contributed by atoms with van der Waals surface area (Å²) in [6, 6.07) is 14.4. The molecule has 1 amide bonds. The number of rotatable bonds is 11. The first-order valence-electron chi connectivity index (χ1n) is 13.3. The van der Waals surface area contributed by atoms with Gasteiger partial charge in [0.15, 0.2) is 5.78 Å². The van der Waals surface area contributed by atoms with Gasteiger partial charge >= 0.3 is 5.97 Å². The lowest BCUT2D eigenvalue weighted by Gasteiger charge is -2.32. The third kappa shape index (κ3) is 7.14. The van der Waals surface area contributed by atoms with Gasteiger partial charge in [-0.2, -0.15) is 0 Å². The molecule has 0 bridgehead atoms. The highest BCUT2D eigenvalue weighted by Crippen LogP contribution is 2.31. The molecule has 0 spiro atoms. The Morgan fingerprint density at radius 1 is 1.03 bits per heavy atom. The predicted molar refractivity (Wildman–Crippen MR) is 148 cm³/mol. The fraction of sp³-hybridized carbons (Fsp3) is 0.483. The predicted octanol–water partition coefficient (Wildman–Crippen LogP) is 4.36. The summed E-state index contributed by atoms with van der Waals surface area (Å²) in [6.07, 6.45) is 3.56. The zero-order valence-corrected chi connectivity index (χ0v) is 22.9. The molecule has 204 valence electrons. The van der Waals surface area contributed by atoms with Crippen LogP contribution in [0, 0.1) is 0 Å². The Kier molecular flexibility index (Phi) is 9.82. The van der Waals surface area contributed by atoms with Crippen molar-refractivity contribution in [2.24, 2.45) is 5.73 Å². The molecule has 7 nitrogen and oxygen atoms in total. The maximum atomic E-state index is 13.8. The van der Waals surface area contributed by atoms with Crippen molar-refractivity contribution in [3.05, 3.63) is 69.7 Å². The molecule has 0 aliphatic carbocycles. The number of carboxylic acid groups (broad SMARTS) is 1. The van der Waals surface area contributed by atoms with Crippen LogP contribution >= 0.6 is 23.2 Å². The Hall–Kier alpha value is -2.45. The van der Waals surface area contributed by atoms with Gasteiger partial charge in [-0.05, 0) is 61.8 Å². The minimum atomic E-state index is -0.986. The molecule has 2 aliphatic rings. The molecule has 2 aliphatic heterocycles. The van der Waals surface area contributed by atoms with Gasteiger partial charge in [0.25, 0.3) is 0 Å². The second kappa shape index (κ2) is 13.1. The molecule has 2 heterocycles. The summed E-state index contributed by atoms with van der Waals surface area (Å²) in [7, 11) is 0. The molecule has 4 rings (SSSR count). The van der Waals surface area contributed by atoms with Gasteiger partial charge in [-0.15, -0.1) is 0 Å². The van der Waals surface area contributed by atoms with E-state index in [1.54, 1.807) is 17.0 Å². The third-order valence-corrected chi connectivity index (χ3v) is 8.48. The summed E-state index contributed by atoms with van der Waals surface area (Å²) in [5, 5.41) is 10.2. The number of ketones is 1. The maximum Gasteiger partial charge on any atom is 0.303 e. The largest absolute Gasteiger partial charge is 0.481 e. The van der Waals surface area contributed by atoms with Gasteiger partial charge < -0.3 is 15.7 Å². The quantitative estimate of drug-likeness (QED) is 0.423. The molecule has 38 heavy (non-hydrogen) atoms. The van der Waals surface area contributed by atoms with E-state index in [9.17, 15) is 19.5 Å². The first kappa shape index (κ1) is 28.6. The number of fused-ring (bicyclic) bond motifs is 1. The van der Waals surface area contributed by atoms with Crippen LogP contribution in [0.2, 0.25) is 10.0 Å². The highest BCUT2D eigenvalue weighted by atomic mass is 35.5. The van der Waals surface area contributed by atoms with Crippen LogP contribution in [0.4, 0.5) is 0 Å². The third-order valence-electron chi connectivity index (χ3n) is 7.74. The molecular formula is C29H35Cl2N3O4. The zero-order chi connectivity index (χ0) is 27.2. The number of carboxylic acids is 1. The molecule has 3 N–H and O–H groups in total. The second-order valence-corrected chi connectivity index (χ2v) is 11.2. The van der Waals surface area contributed by atoms with Crippen LogP contribution < -0.4 is 5.73 Å². The van der Waals surface area contributed by atoms with Crippen LogP contribution in [0.25, 0.3) is 0 Å². The number of amides is 1. The molecule has 0 aromatic heterocycles. The van der Waals surface area contributed by atoms with Crippen molar-refractivity contribution in [2.45, 2.75) is 75.5 Å². The molecule has 2 aromatic carbocycles. The molecule has 2 fully saturated rings.